The summed E-state index contributed by atoms with van der Waals surface area (Å²) in [6, 6.07) is 6.67. The van der Waals surface area contributed by atoms with Gasteiger partial charge in [-0.25, -0.2) is 0 Å². The number of nitrogens with two attached hydrogens (primary N) is 2. The van der Waals surface area contributed by atoms with E-state index >= 15 is 0 Å². The van der Waals surface area contributed by atoms with Crippen molar-refractivity contribution in [3.05, 3.63) is 34.8 Å². The Morgan fingerprint density at radius 2 is 1.90 bits per heavy atom. The number of amides is 3. The lowest BCUT2D eigenvalue weighted by atomic mass is 10.1. The zero-order valence-corrected chi connectivity index (χ0v) is 17.4. The molecule has 0 bridgehead atoms. The number of nitrogens with one attached hydrogen (secondary N) is 1. The number of aromatic nitrogens is 1. The number of ether oxygens (including phenoxy) is 1. The monoisotopic (exact) mass is 419 g/mol. The molecule has 0 atom stereocenters. The number of hydrogen-bond acceptors (Lipinski definition) is 7. The average Bonchev–Trinajstić information content (AvgIpc) is 3.07. The van der Waals surface area contributed by atoms with Crippen molar-refractivity contribution in [2.75, 3.05) is 30.8 Å². The third-order valence-corrected chi connectivity index (χ3v) is 4.98. The highest BCUT2D eigenvalue weighted by atomic mass is 32.1. The molecule has 0 radical (unpaired) electrons. The van der Waals surface area contributed by atoms with Crippen LogP contribution in [0.3, 0.4) is 0 Å². The van der Waals surface area contributed by atoms with Crippen LogP contribution in [0.25, 0.3) is 0 Å². The van der Waals surface area contributed by atoms with E-state index in [1.165, 1.54) is 12.0 Å². The molecule has 2 aromatic rings. The molecule has 0 aliphatic carbocycles. The summed E-state index contributed by atoms with van der Waals surface area (Å²) < 4.78 is 9.00. The van der Waals surface area contributed by atoms with Gasteiger partial charge in [0.05, 0.1) is 12.8 Å². The second kappa shape index (κ2) is 9.87. The van der Waals surface area contributed by atoms with E-state index < -0.39 is 11.8 Å². The van der Waals surface area contributed by atoms with Crippen LogP contribution < -0.4 is 26.4 Å². The fourth-order valence-electron chi connectivity index (χ4n) is 2.49. The van der Waals surface area contributed by atoms with Gasteiger partial charge in [0, 0.05) is 12.2 Å². The molecule has 0 aliphatic heterocycles. The second-order valence-electron chi connectivity index (χ2n) is 6.76. The minimum atomic E-state index is -0.819. The van der Waals surface area contributed by atoms with Gasteiger partial charge in [-0.1, -0.05) is 13.8 Å². The van der Waals surface area contributed by atoms with Crippen molar-refractivity contribution in [1.29, 1.82) is 0 Å². The van der Waals surface area contributed by atoms with Gasteiger partial charge in [0.1, 0.15) is 17.2 Å². The van der Waals surface area contributed by atoms with Gasteiger partial charge in [-0.15, -0.1) is 0 Å². The number of nitrogen functional groups attached to an aromatic ring is 1. The molecule has 10 heteroatoms. The second-order valence-corrected chi connectivity index (χ2v) is 7.53. The highest BCUT2D eigenvalue weighted by Crippen LogP contribution is 2.27. The van der Waals surface area contributed by atoms with Crippen LogP contribution in [0, 0.1) is 5.92 Å². The fourth-order valence-corrected chi connectivity index (χ4v) is 3.25. The summed E-state index contributed by atoms with van der Waals surface area (Å²) in [6.07, 6.45) is 0.825. The number of methoxy groups -OCH3 is 1. The maximum Gasteiger partial charge on any atom is 0.272 e. The van der Waals surface area contributed by atoms with E-state index in [9.17, 15) is 14.4 Å². The minimum Gasteiger partial charge on any atom is -0.497 e. The quantitative estimate of drug-likeness (QED) is 0.564. The van der Waals surface area contributed by atoms with Gasteiger partial charge < -0.3 is 21.5 Å². The lowest BCUT2D eigenvalue weighted by molar-refractivity contribution is -0.119. The molecule has 5 N–H and O–H groups in total. The Morgan fingerprint density at radius 3 is 2.41 bits per heavy atom. The maximum absolute atomic E-state index is 13.1. The van der Waals surface area contributed by atoms with Crippen molar-refractivity contribution >= 4 is 40.6 Å². The molecule has 29 heavy (non-hydrogen) atoms. The Kier molecular flexibility index (Phi) is 7.54. The molecule has 2 rings (SSSR count). The van der Waals surface area contributed by atoms with Crippen LogP contribution >= 0.6 is 11.5 Å². The van der Waals surface area contributed by atoms with Gasteiger partial charge in [0.15, 0.2) is 5.69 Å². The minimum absolute atomic E-state index is 0.0459. The van der Waals surface area contributed by atoms with Crippen LogP contribution in [0.1, 0.15) is 40.4 Å². The molecule has 1 aromatic carbocycles. The van der Waals surface area contributed by atoms with Crippen molar-refractivity contribution in [2.24, 2.45) is 11.7 Å². The molecule has 0 aliphatic rings. The summed E-state index contributed by atoms with van der Waals surface area (Å²) in [5.41, 5.74) is 11.3. The van der Waals surface area contributed by atoms with Crippen molar-refractivity contribution in [2.45, 2.75) is 20.3 Å². The van der Waals surface area contributed by atoms with Gasteiger partial charge >= 0.3 is 0 Å². The number of benzene rings is 1. The highest BCUT2D eigenvalue weighted by Gasteiger charge is 2.27. The summed E-state index contributed by atoms with van der Waals surface area (Å²) in [7, 11) is 1.53. The summed E-state index contributed by atoms with van der Waals surface area (Å²) in [5.74, 6) is -0.625. The van der Waals surface area contributed by atoms with Crippen molar-refractivity contribution < 1.29 is 19.1 Å². The first-order valence-electron chi connectivity index (χ1n) is 9.02. The molecular weight excluding hydrogens is 394 g/mol. The van der Waals surface area contributed by atoms with Crippen LogP contribution in [-0.4, -0.2) is 42.3 Å². The van der Waals surface area contributed by atoms with Crippen LogP contribution in [0.4, 0.5) is 11.4 Å². The zero-order valence-electron chi connectivity index (χ0n) is 16.6. The van der Waals surface area contributed by atoms with Gasteiger partial charge in [-0.2, -0.15) is 4.37 Å². The topological polar surface area (TPSA) is 141 Å². The third-order valence-electron chi connectivity index (χ3n) is 4.13. The molecule has 0 saturated carbocycles. The number of hydrogen-bond donors (Lipinski definition) is 3. The fraction of sp³-hybridized carbons (Fsp3) is 0.368. The molecule has 1 heterocycles. The Bertz CT molecular complexity index is 879. The summed E-state index contributed by atoms with van der Waals surface area (Å²) in [6.45, 7) is 4.41. The van der Waals surface area contributed by atoms with Crippen molar-refractivity contribution in [3.8, 4) is 5.75 Å². The van der Waals surface area contributed by atoms with Gasteiger partial charge in [-0.3, -0.25) is 19.3 Å². The lowest BCUT2D eigenvalue weighted by Crippen LogP contribution is -2.41. The first kappa shape index (κ1) is 22.2. The highest BCUT2D eigenvalue weighted by molar-refractivity contribution is 7.09. The normalized spacial score (nSPS) is 10.6. The number of primary amides is 1. The maximum atomic E-state index is 13.1. The number of anilines is 2. The predicted molar refractivity (Wildman–Crippen MR) is 112 cm³/mol. The molecule has 156 valence electrons. The number of carbonyl (C=O) groups excluding carboxylic acids is 3. The number of carbonyl (C=O) groups is 3. The number of rotatable bonds is 9. The van der Waals surface area contributed by atoms with E-state index in [0.717, 1.165) is 18.0 Å². The molecule has 0 unspecified atom stereocenters. The Hall–Kier alpha value is -3.14. The molecular formula is C19H25N5O4S. The summed E-state index contributed by atoms with van der Waals surface area (Å²) in [5, 5.41) is 2.81. The number of nitrogens with zero attached hydrogens (tertiary/aromatic N) is 2. The van der Waals surface area contributed by atoms with E-state index in [-0.39, 0.29) is 28.7 Å². The Morgan fingerprint density at radius 1 is 1.24 bits per heavy atom. The van der Waals surface area contributed by atoms with E-state index in [2.05, 4.69) is 23.5 Å². The van der Waals surface area contributed by atoms with Crippen LogP contribution in [-0.2, 0) is 4.79 Å². The largest absolute Gasteiger partial charge is 0.497 e. The zero-order chi connectivity index (χ0) is 21.6. The van der Waals surface area contributed by atoms with E-state index in [1.54, 1.807) is 24.3 Å². The molecule has 3 amide bonds. The van der Waals surface area contributed by atoms with E-state index in [1.807, 2.05) is 0 Å². The van der Waals surface area contributed by atoms with Gasteiger partial charge in [0.2, 0.25) is 5.91 Å². The van der Waals surface area contributed by atoms with Crippen LogP contribution in [0.2, 0.25) is 0 Å². The predicted octanol–water partition coefficient (Wildman–Crippen LogP) is 1.64. The molecule has 0 saturated heterocycles. The van der Waals surface area contributed by atoms with Crippen LogP contribution in [0.5, 0.6) is 5.75 Å². The average molecular weight is 420 g/mol. The van der Waals surface area contributed by atoms with Crippen LogP contribution in [0.15, 0.2) is 24.3 Å². The lowest BCUT2D eigenvalue weighted by Gasteiger charge is -2.22. The molecule has 0 spiro atoms. The Balaban J connectivity index is 2.29. The van der Waals surface area contributed by atoms with Gasteiger partial charge in [0.25, 0.3) is 11.8 Å². The smallest absolute Gasteiger partial charge is 0.272 e. The Labute approximate surface area is 173 Å². The molecule has 1 aromatic heterocycles. The first-order valence-corrected chi connectivity index (χ1v) is 9.79. The third kappa shape index (κ3) is 5.67. The molecule has 9 nitrogen and oxygen atoms in total. The molecule has 0 fully saturated rings. The van der Waals surface area contributed by atoms with E-state index in [4.69, 9.17) is 16.2 Å². The van der Waals surface area contributed by atoms with Gasteiger partial charge in [-0.05, 0) is 48.1 Å². The van der Waals surface area contributed by atoms with Crippen molar-refractivity contribution in [1.82, 2.24) is 9.69 Å². The van der Waals surface area contributed by atoms with E-state index in [0.29, 0.717) is 23.9 Å². The standard InChI is InChI=1S/C19H25N5O4S/c1-11(2)8-9-22-14(25)10-24(12-4-6-13(28-3)7-5-12)19(27)17-15(20)16(18(21)26)23-29-17/h4-7,11H,8-10,20H2,1-3H3,(H2,21,26)(H,22,25). The summed E-state index contributed by atoms with van der Waals surface area (Å²) in [4.78, 5) is 38.3. The first-order chi connectivity index (χ1) is 13.7. The summed E-state index contributed by atoms with van der Waals surface area (Å²) >= 11 is 0.769. The SMILES string of the molecule is COc1ccc(N(CC(=O)NCCC(C)C)C(=O)c2snc(C(N)=O)c2N)cc1. The van der Waals surface area contributed by atoms with Crippen molar-refractivity contribution in [3.63, 3.8) is 0 Å².